The van der Waals surface area contributed by atoms with Gasteiger partial charge in [0.1, 0.15) is 17.8 Å². The van der Waals surface area contributed by atoms with Crippen molar-refractivity contribution in [3.05, 3.63) is 41.7 Å². The number of benzene rings is 1. The molecule has 0 aliphatic carbocycles. The van der Waals surface area contributed by atoms with Crippen LogP contribution in [0.5, 0.6) is 5.75 Å². The highest BCUT2D eigenvalue weighted by molar-refractivity contribution is 5.97. The highest BCUT2D eigenvalue weighted by Crippen LogP contribution is 2.29. The highest BCUT2D eigenvalue weighted by Gasteiger charge is 2.12. The van der Waals surface area contributed by atoms with Gasteiger partial charge in [0.25, 0.3) is 0 Å². The van der Waals surface area contributed by atoms with Gasteiger partial charge in [-0.15, -0.1) is 0 Å². The lowest BCUT2D eigenvalue weighted by atomic mass is 10.0. The summed E-state index contributed by atoms with van der Waals surface area (Å²) < 4.78 is 10.7. The largest absolute Gasteiger partial charge is 0.497 e. The van der Waals surface area contributed by atoms with E-state index in [-0.39, 0.29) is 5.95 Å². The molecule has 0 bridgehead atoms. The van der Waals surface area contributed by atoms with E-state index in [1.807, 2.05) is 37.3 Å². The zero-order valence-corrected chi connectivity index (χ0v) is 12.3. The van der Waals surface area contributed by atoms with Crippen molar-refractivity contribution >= 4 is 34.5 Å². The Morgan fingerprint density at radius 1 is 1.27 bits per heavy atom. The van der Waals surface area contributed by atoms with Crippen LogP contribution in [0.1, 0.15) is 18.1 Å². The van der Waals surface area contributed by atoms with E-state index in [0.717, 1.165) is 22.4 Å². The standard InChI is InChI=1S/C16H16N4O2/c1-9(10-4-3-5-12(7-10)21-2)6-11-8-22-15-13(11)14(17)19-16(18)20-15/h3-8H,1-2H3,(H4,17,18,19,20)/b9-6-. The number of fused-ring (bicyclic) bond motifs is 1. The number of nitrogens with zero attached hydrogens (tertiary/aromatic N) is 2. The Balaban J connectivity index is 2.08. The van der Waals surface area contributed by atoms with Gasteiger partial charge in [0.15, 0.2) is 0 Å². The summed E-state index contributed by atoms with van der Waals surface area (Å²) in [6, 6.07) is 7.82. The van der Waals surface area contributed by atoms with Gasteiger partial charge in [0.2, 0.25) is 11.7 Å². The minimum absolute atomic E-state index is 0.0967. The van der Waals surface area contributed by atoms with Crippen molar-refractivity contribution in [2.45, 2.75) is 6.92 Å². The van der Waals surface area contributed by atoms with Crippen molar-refractivity contribution in [2.75, 3.05) is 18.6 Å². The Hall–Kier alpha value is -3.02. The van der Waals surface area contributed by atoms with E-state index in [2.05, 4.69) is 9.97 Å². The third-order valence-corrected chi connectivity index (χ3v) is 3.40. The van der Waals surface area contributed by atoms with Crippen LogP contribution in [0, 0.1) is 0 Å². The maximum absolute atomic E-state index is 5.92. The van der Waals surface area contributed by atoms with E-state index < -0.39 is 0 Å². The van der Waals surface area contributed by atoms with Crippen molar-refractivity contribution in [1.82, 2.24) is 9.97 Å². The number of furan rings is 1. The van der Waals surface area contributed by atoms with Gasteiger partial charge in [-0.2, -0.15) is 9.97 Å². The molecule has 6 heteroatoms. The molecular weight excluding hydrogens is 280 g/mol. The number of nitrogen functional groups attached to an aromatic ring is 2. The van der Waals surface area contributed by atoms with Gasteiger partial charge in [-0.05, 0) is 36.3 Å². The van der Waals surface area contributed by atoms with E-state index in [1.54, 1.807) is 13.4 Å². The summed E-state index contributed by atoms with van der Waals surface area (Å²) in [7, 11) is 1.64. The smallest absolute Gasteiger partial charge is 0.233 e. The molecule has 0 aliphatic rings. The predicted molar refractivity (Wildman–Crippen MR) is 87.2 cm³/mol. The number of nitrogens with two attached hydrogens (primary N) is 2. The quantitative estimate of drug-likeness (QED) is 0.770. The molecule has 3 rings (SSSR count). The molecule has 0 saturated carbocycles. The zero-order chi connectivity index (χ0) is 15.7. The van der Waals surface area contributed by atoms with Crippen LogP contribution in [0.3, 0.4) is 0 Å². The summed E-state index contributed by atoms with van der Waals surface area (Å²) in [5.41, 5.74) is 14.8. The van der Waals surface area contributed by atoms with Crippen LogP contribution in [-0.4, -0.2) is 17.1 Å². The first-order valence-electron chi connectivity index (χ1n) is 6.71. The Labute approximate surface area is 127 Å². The summed E-state index contributed by atoms with van der Waals surface area (Å²) in [5.74, 6) is 1.21. The second-order valence-electron chi connectivity index (χ2n) is 4.90. The van der Waals surface area contributed by atoms with Crippen LogP contribution >= 0.6 is 0 Å². The Bertz CT molecular complexity index is 868. The number of anilines is 2. The van der Waals surface area contributed by atoms with E-state index >= 15 is 0 Å². The third kappa shape index (κ3) is 2.46. The minimum atomic E-state index is 0.0967. The van der Waals surface area contributed by atoms with Crippen LogP contribution in [0.4, 0.5) is 11.8 Å². The van der Waals surface area contributed by atoms with Crippen LogP contribution < -0.4 is 16.2 Å². The van der Waals surface area contributed by atoms with Gasteiger partial charge in [-0.25, -0.2) is 0 Å². The molecule has 0 atom stereocenters. The molecule has 0 unspecified atom stereocenters. The molecule has 0 radical (unpaired) electrons. The molecule has 0 aliphatic heterocycles. The van der Waals surface area contributed by atoms with E-state index in [9.17, 15) is 0 Å². The summed E-state index contributed by atoms with van der Waals surface area (Å²) in [4.78, 5) is 8.01. The van der Waals surface area contributed by atoms with E-state index in [4.69, 9.17) is 20.6 Å². The maximum atomic E-state index is 5.92. The lowest BCUT2D eigenvalue weighted by Crippen LogP contribution is -1.99. The van der Waals surface area contributed by atoms with Crippen molar-refractivity contribution in [2.24, 2.45) is 0 Å². The van der Waals surface area contributed by atoms with Gasteiger partial charge in [-0.1, -0.05) is 12.1 Å². The lowest BCUT2D eigenvalue weighted by molar-refractivity contribution is 0.414. The lowest BCUT2D eigenvalue weighted by Gasteiger charge is -2.05. The number of hydrogen-bond acceptors (Lipinski definition) is 6. The normalized spacial score (nSPS) is 11.8. The molecule has 112 valence electrons. The summed E-state index contributed by atoms with van der Waals surface area (Å²) in [5, 5.41) is 0.663. The van der Waals surface area contributed by atoms with Crippen LogP contribution in [0.2, 0.25) is 0 Å². The minimum Gasteiger partial charge on any atom is -0.497 e. The number of aromatic nitrogens is 2. The van der Waals surface area contributed by atoms with Crippen molar-refractivity contribution < 1.29 is 9.15 Å². The van der Waals surface area contributed by atoms with Crippen LogP contribution in [0.25, 0.3) is 22.7 Å². The Morgan fingerprint density at radius 2 is 2.09 bits per heavy atom. The number of ether oxygens (including phenoxy) is 1. The zero-order valence-electron chi connectivity index (χ0n) is 12.3. The number of rotatable bonds is 3. The van der Waals surface area contributed by atoms with E-state index in [0.29, 0.717) is 16.9 Å². The molecule has 22 heavy (non-hydrogen) atoms. The maximum Gasteiger partial charge on any atom is 0.233 e. The highest BCUT2D eigenvalue weighted by atomic mass is 16.5. The van der Waals surface area contributed by atoms with Gasteiger partial charge >= 0.3 is 0 Å². The molecule has 0 saturated heterocycles. The van der Waals surface area contributed by atoms with Crippen LogP contribution in [-0.2, 0) is 0 Å². The molecule has 1 aromatic carbocycles. The summed E-state index contributed by atoms with van der Waals surface area (Å²) in [6.45, 7) is 2.00. The number of allylic oxidation sites excluding steroid dienone is 1. The first-order valence-corrected chi connectivity index (χ1v) is 6.71. The average Bonchev–Trinajstić information content (AvgIpc) is 2.90. The Kier molecular flexibility index (Phi) is 3.42. The van der Waals surface area contributed by atoms with Crippen molar-refractivity contribution in [3.63, 3.8) is 0 Å². The molecule has 3 aromatic rings. The monoisotopic (exact) mass is 296 g/mol. The number of methoxy groups -OCH3 is 1. The first kappa shape index (κ1) is 13.9. The fraction of sp³-hybridized carbons (Fsp3) is 0.125. The molecule has 6 nitrogen and oxygen atoms in total. The second-order valence-corrected chi connectivity index (χ2v) is 4.90. The predicted octanol–water partition coefficient (Wildman–Crippen LogP) is 2.96. The topological polar surface area (TPSA) is 100 Å². The fourth-order valence-corrected chi connectivity index (χ4v) is 2.30. The summed E-state index contributed by atoms with van der Waals surface area (Å²) in [6.07, 6.45) is 3.56. The molecule has 0 spiro atoms. The van der Waals surface area contributed by atoms with Crippen LogP contribution in [0.15, 0.2) is 34.9 Å². The molecule has 2 aromatic heterocycles. The molecular formula is C16H16N4O2. The van der Waals surface area contributed by atoms with Gasteiger partial charge in [0, 0.05) is 5.56 Å². The second kappa shape index (κ2) is 5.40. The fourth-order valence-electron chi connectivity index (χ4n) is 2.30. The third-order valence-electron chi connectivity index (χ3n) is 3.40. The number of hydrogen-bond donors (Lipinski definition) is 2. The van der Waals surface area contributed by atoms with Crippen molar-refractivity contribution in [1.29, 1.82) is 0 Å². The van der Waals surface area contributed by atoms with Gasteiger partial charge in [0.05, 0.1) is 12.5 Å². The first-order chi connectivity index (χ1) is 10.6. The molecule has 2 heterocycles. The van der Waals surface area contributed by atoms with Crippen molar-refractivity contribution in [3.8, 4) is 5.75 Å². The van der Waals surface area contributed by atoms with E-state index in [1.165, 1.54) is 0 Å². The van der Waals surface area contributed by atoms with Gasteiger partial charge in [-0.3, -0.25) is 0 Å². The Morgan fingerprint density at radius 3 is 2.86 bits per heavy atom. The SMILES string of the molecule is COc1cccc(/C(C)=C\c2coc3nc(N)nc(N)c23)c1. The molecule has 0 amide bonds. The molecule has 0 fully saturated rings. The van der Waals surface area contributed by atoms with Gasteiger partial charge < -0.3 is 20.6 Å². The average molecular weight is 296 g/mol. The summed E-state index contributed by atoms with van der Waals surface area (Å²) >= 11 is 0. The molecule has 4 N–H and O–H groups in total.